The van der Waals surface area contributed by atoms with Crippen molar-refractivity contribution < 1.29 is 31.1 Å². The highest BCUT2D eigenvalue weighted by Crippen LogP contribution is 2.42. The molecule has 0 radical (unpaired) electrons. The lowest BCUT2D eigenvalue weighted by molar-refractivity contribution is -0.143. The number of halogens is 6. The maximum Gasteiger partial charge on any atom is 0.416 e. The minimum Gasteiger partial charge on any atom is -0.342 e. The van der Waals surface area contributed by atoms with E-state index in [4.69, 9.17) is 0 Å². The van der Waals surface area contributed by atoms with Gasteiger partial charge in [0, 0.05) is 24.5 Å². The van der Waals surface area contributed by atoms with Crippen molar-refractivity contribution in [3.8, 4) is 0 Å². The Balaban J connectivity index is 1.29. The quantitative estimate of drug-likeness (QED) is 0.193. The van der Waals surface area contributed by atoms with E-state index >= 15 is 0 Å². The molecule has 2 saturated heterocycles. The highest BCUT2D eigenvalue weighted by molar-refractivity contribution is 5.79. The minimum absolute atomic E-state index is 0.118. The summed E-state index contributed by atoms with van der Waals surface area (Å²) < 4.78 is 81.3. The number of likely N-dealkylation sites (tertiary alicyclic amines) is 2. The van der Waals surface area contributed by atoms with Crippen LogP contribution in [0.25, 0.3) is 0 Å². The third-order valence-corrected chi connectivity index (χ3v) is 11.6. The van der Waals surface area contributed by atoms with Crippen LogP contribution in [0.1, 0.15) is 130 Å². The Bertz CT molecular complexity index is 1370. The molecule has 2 heterocycles. The molecule has 0 bridgehead atoms. The average molecular weight is 693 g/mol. The van der Waals surface area contributed by atoms with Gasteiger partial charge in [-0.05, 0) is 119 Å². The van der Waals surface area contributed by atoms with E-state index in [0.717, 1.165) is 61.6 Å². The molecule has 0 spiro atoms. The highest BCUT2D eigenvalue weighted by Gasteiger charge is 2.40. The minimum atomic E-state index is -4.95. The number of carbonyl (C=O) groups is 1. The zero-order valence-electron chi connectivity index (χ0n) is 29.3. The number of nitrogens with zero attached hydrogens (tertiary/aromatic N) is 2. The first-order valence-electron chi connectivity index (χ1n) is 18.6. The largest absolute Gasteiger partial charge is 0.416 e. The third kappa shape index (κ3) is 10.0. The zero-order chi connectivity index (χ0) is 35.2. The van der Waals surface area contributed by atoms with E-state index in [9.17, 15) is 31.1 Å². The van der Waals surface area contributed by atoms with Crippen LogP contribution in [0.2, 0.25) is 0 Å². The second kappa shape index (κ2) is 16.2. The summed E-state index contributed by atoms with van der Waals surface area (Å²) >= 11 is 0. The van der Waals surface area contributed by atoms with Gasteiger partial charge in [0.2, 0.25) is 5.91 Å². The molecule has 2 aromatic rings. The van der Waals surface area contributed by atoms with Crippen LogP contribution in [-0.4, -0.2) is 47.9 Å². The number of unbranched alkanes of at least 4 members (excludes halogenated alkanes) is 1. The van der Waals surface area contributed by atoms with Gasteiger partial charge >= 0.3 is 12.4 Å². The topological polar surface area (TPSA) is 23.6 Å². The summed E-state index contributed by atoms with van der Waals surface area (Å²) in [6.45, 7) is 7.44. The van der Waals surface area contributed by atoms with Gasteiger partial charge in [0.25, 0.3) is 0 Å². The molecule has 9 heteroatoms. The summed E-state index contributed by atoms with van der Waals surface area (Å²) in [7, 11) is 0. The number of alkyl halides is 6. The number of benzene rings is 2. The molecule has 272 valence electrons. The molecule has 1 saturated carbocycles. The van der Waals surface area contributed by atoms with Crippen molar-refractivity contribution in [2.24, 2.45) is 5.92 Å². The maximum atomic E-state index is 13.8. The molecule has 3 aliphatic rings. The summed E-state index contributed by atoms with van der Waals surface area (Å²) in [5, 5.41) is 0. The molecule has 1 unspecified atom stereocenters. The first kappa shape index (κ1) is 37.7. The van der Waals surface area contributed by atoms with Crippen molar-refractivity contribution in [1.82, 2.24) is 9.80 Å². The Hall–Kier alpha value is -2.55. The number of hydrogen-bond acceptors (Lipinski definition) is 2. The van der Waals surface area contributed by atoms with Gasteiger partial charge in [0.05, 0.1) is 17.5 Å². The molecule has 3 fully saturated rings. The molecule has 0 N–H and O–H groups in total. The van der Waals surface area contributed by atoms with Crippen molar-refractivity contribution in [1.29, 1.82) is 0 Å². The monoisotopic (exact) mass is 692 g/mol. The zero-order valence-corrected chi connectivity index (χ0v) is 29.3. The van der Waals surface area contributed by atoms with E-state index in [1.165, 1.54) is 76.4 Å². The van der Waals surface area contributed by atoms with E-state index in [2.05, 4.69) is 36.9 Å². The molecule has 5 rings (SSSR count). The van der Waals surface area contributed by atoms with Crippen LogP contribution in [0.3, 0.4) is 0 Å². The Morgan fingerprint density at radius 1 is 0.776 bits per heavy atom. The second-order valence-corrected chi connectivity index (χ2v) is 15.3. The third-order valence-electron chi connectivity index (χ3n) is 11.6. The van der Waals surface area contributed by atoms with Crippen molar-refractivity contribution >= 4 is 5.91 Å². The van der Waals surface area contributed by atoms with Crippen LogP contribution < -0.4 is 0 Å². The van der Waals surface area contributed by atoms with E-state index in [0.29, 0.717) is 25.2 Å². The molecule has 2 aliphatic heterocycles. The maximum absolute atomic E-state index is 13.8. The molecule has 0 aromatic heterocycles. The Morgan fingerprint density at radius 3 is 2.18 bits per heavy atom. The lowest BCUT2D eigenvalue weighted by atomic mass is 9.70. The fraction of sp³-hybridized carbons (Fsp3) is 0.675. The van der Waals surface area contributed by atoms with Crippen molar-refractivity contribution in [2.45, 2.75) is 140 Å². The van der Waals surface area contributed by atoms with E-state index in [1.807, 2.05) is 0 Å². The van der Waals surface area contributed by atoms with E-state index in [1.54, 1.807) is 4.90 Å². The molecule has 1 aliphatic carbocycles. The van der Waals surface area contributed by atoms with E-state index in [-0.39, 0.29) is 17.0 Å². The highest BCUT2D eigenvalue weighted by atomic mass is 19.4. The number of aryl methyl sites for hydroxylation is 2. The normalized spacial score (nSPS) is 23.7. The SMILES string of the molecule is Cc1ccc(C)c([C@]2(CCCCC3CCCN(C4CCCCC4)CC3)CCCCN(C(=O)Cc3cc(C(F)(F)F)cc(C(F)(F)F)c3)C2)c1. The molecule has 2 atom stereocenters. The molecular formula is C40H54F6N2O. The van der Waals surface area contributed by atoms with Gasteiger partial charge in [-0.1, -0.05) is 68.7 Å². The first-order chi connectivity index (χ1) is 23.2. The van der Waals surface area contributed by atoms with Gasteiger partial charge in [-0.15, -0.1) is 0 Å². The number of amides is 1. The number of carbonyl (C=O) groups excluding carboxylic acids is 1. The number of hydrogen-bond donors (Lipinski definition) is 0. The van der Waals surface area contributed by atoms with Crippen LogP contribution >= 0.6 is 0 Å². The lowest BCUT2D eigenvalue weighted by Crippen LogP contribution is -2.43. The fourth-order valence-electron chi connectivity index (χ4n) is 8.96. The summed E-state index contributed by atoms with van der Waals surface area (Å²) in [4.78, 5) is 18.3. The molecule has 49 heavy (non-hydrogen) atoms. The molecule has 3 nitrogen and oxygen atoms in total. The first-order valence-corrected chi connectivity index (χ1v) is 18.6. The predicted molar refractivity (Wildman–Crippen MR) is 182 cm³/mol. The molecule has 1 amide bonds. The van der Waals surface area contributed by atoms with Crippen LogP contribution in [0.5, 0.6) is 0 Å². The van der Waals surface area contributed by atoms with Gasteiger partial charge in [0.1, 0.15) is 0 Å². The molecule has 2 aromatic carbocycles. The standard InChI is InChI=1S/C40H54F6N2O/c1-29-15-16-30(2)36(23-29)38(18-7-6-11-31-12-10-21-47(22-17-31)35-13-4-3-5-14-35)19-8-9-20-48(28-38)37(49)26-32-24-33(39(41,42)43)27-34(25-32)40(44,45)46/h15-16,23-25,27,31,35H,3-14,17-22,26,28H2,1-2H3/t31?,38-/m1/s1. The predicted octanol–water partition coefficient (Wildman–Crippen LogP) is 10.8. The Labute approximate surface area is 288 Å². The van der Waals surface area contributed by atoms with Gasteiger partial charge in [-0.3, -0.25) is 4.79 Å². The summed E-state index contributed by atoms with van der Waals surface area (Å²) in [6, 6.07) is 8.68. The Morgan fingerprint density at radius 2 is 1.49 bits per heavy atom. The van der Waals surface area contributed by atoms with Crippen LogP contribution in [0.4, 0.5) is 26.3 Å². The van der Waals surface area contributed by atoms with Crippen LogP contribution in [0, 0.1) is 19.8 Å². The van der Waals surface area contributed by atoms with Gasteiger partial charge in [0.15, 0.2) is 0 Å². The van der Waals surface area contributed by atoms with Crippen LogP contribution in [0.15, 0.2) is 36.4 Å². The number of rotatable bonds is 9. The fourth-order valence-corrected chi connectivity index (χ4v) is 8.96. The second-order valence-electron chi connectivity index (χ2n) is 15.3. The van der Waals surface area contributed by atoms with Gasteiger partial charge in [-0.25, -0.2) is 0 Å². The van der Waals surface area contributed by atoms with Crippen LogP contribution in [-0.2, 0) is 29.0 Å². The van der Waals surface area contributed by atoms with Crippen molar-refractivity contribution in [3.63, 3.8) is 0 Å². The van der Waals surface area contributed by atoms with Gasteiger partial charge < -0.3 is 9.80 Å². The smallest absolute Gasteiger partial charge is 0.342 e. The van der Waals surface area contributed by atoms with Crippen molar-refractivity contribution in [2.75, 3.05) is 26.2 Å². The molecular weight excluding hydrogens is 638 g/mol. The summed E-state index contributed by atoms with van der Waals surface area (Å²) in [5.41, 5.74) is 0.129. The summed E-state index contributed by atoms with van der Waals surface area (Å²) in [6.07, 6.45) is 6.93. The van der Waals surface area contributed by atoms with E-state index < -0.39 is 35.8 Å². The van der Waals surface area contributed by atoms with Crippen molar-refractivity contribution in [3.05, 3.63) is 69.8 Å². The Kier molecular flexibility index (Phi) is 12.5. The average Bonchev–Trinajstić information content (AvgIpc) is 3.43. The van der Waals surface area contributed by atoms with Gasteiger partial charge in [-0.2, -0.15) is 26.3 Å². The summed E-state index contributed by atoms with van der Waals surface area (Å²) in [5.74, 6) is 0.302. The lowest BCUT2D eigenvalue weighted by Gasteiger charge is -2.39.